The first-order chi connectivity index (χ1) is 16.6. The highest BCUT2D eigenvalue weighted by Gasteiger charge is 2.09. The van der Waals surface area contributed by atoms with Gasteiger partial charge in [-0.05, 0) is 67.1 Å². The molecule has 0 atom stereocenters. The van der Waals surface area contributed by atoms with Crippen molar-refractivity contribution in [3.05, 3.63) is 72.8 Å². The van der Waals surface area contributed by atoms with Crippen molar-refractivity contribution in [1.29, 1.82) is 0 Å². The zero-order valence-corrected chi connectivity index (χ0v) is 20.1. The number of aryl methyl sites for hydroxylation is 2. The van der Waals surface area contributed by atoms with Crippen LogP contribution in [0.3, 0.4) is 0 Å². The van der Waals surface area contributed by atoms with Crippen molar-refractivity contribution in [2.24, 2.45) is 7.05 Å². The Morgan fingerprint density at radius 2 is 1.85 bits per heavy atom. The summed E-state index contributed by atoms with van der Waals surface area (Å²) in [6.07, 6.45) is 3.41. The lowest BCUT2D eigenvalue weighted by molar-refractivity contribution is 0.146. The Morgan fingerprint density at radius 1 is 0.941 bits per heavy atom. The summed E-state index contributed by atoms with van der Waals surface area (Å²) >= 11 is 1.74. The number of ether oxygens (including phenoxy) is 2. The van der Waals surface area contributed by atoms with Crippen LogP contribution in [0.15, 0.2) is 77.0 Å². The van der Waals surface area contributed by atoms with Crippen LogP contribution in [0.25, 0.3) is 21.9 Å². The molecule has 0 unspecified atom stereocenters. The van der Waals surface area contributed by atoms with Gasteiger partial charge in [0.1, 0.15) is 24.5 Å². The minimum Gasteiger partial charge on any atom is -0.491 e. The first-order valence-corrected chi connectivity index (χ1v) is 11.8. The molecule has 0 aliphatic carbocycles. The number of fused-ring (bicyclic) bond motifs is 2. The molecule has 0 radical (unpaired) electrons. The molecule has 7 nitrogen and oxygen atoms in total. The highest BCUT2D eigenvalue weighted by atomic mass is 32.2. The molecule has 5 rings (SSSR count). The normalized spacial score (nSPS) is 11.3. The molecule has 0 bridgehead atoms. The van der Waals surface area contributed by atoms with E-state index >= 15 is 0 Å². The van der Waals surface area contributed by atoms with Crippen molar-refractivity contribution >= 4 is 45.2 Å². The Labute approximate surface area is 202 Å². The molecule has 0 fully saturated rings. The highest BCUT2D eigenvalue weighted by Crippen LogP contribution is 2.34. The Hall–Kier alpha value is -3.62. The van der Waals surface area contributed by atoms with Crippen LogP contribution in [0.5, 0.6) is 5.75 Å². The molecule has 5 aromatic rings. The summed E-state index contributed by atoms with van der Waals surface area (Å²) in [5, 5.41) is 4.35. The van der Waals surface area contributed by atoms with Crippen LogP contribution >= 0.6 is 11.8 Å². The predicted octanol–water partition coefficient (Wildman–Crippen LogP) is 5.74. The summed E-state index contributed by atoms with van der Waals surface area (Å²) in [7, 11) is 3.67. The van der Waals surface area contributed by atoms with E-state index in [2.05, 4.69) is 63.6 Å². The number of nitrogens with zero attached hydrogens (tertiary/aromatic N) is 4. The van der Waals surface area contributed by atoms with Gasteiger partial charge in [-0.25, -0.2) is 15.0 Å². The number of benzene rings is 3. The molecular weight excluding hydrogens is 446 g/mol. The second kappa shape index (κ2) is 9.70. The Balaban J connectivity index is 1.36. The molecule has 1 N–H and O–H groups in total. The second-order valence-corrected chi connectivity index (χ2v) is 9.07. The van der Waals surface area contributed by atoms with Crippen molar-refractivity contribution in [1.82, 2.24) is 19.5 Å². The predicted molar refractivity (Wildman–Crippen MR) is 136 cm³/mol. The zero-order valence-electron chi connectivity index (χ0n) is 19.3. The molecule has 172 valence electrons. The smallest absolute Gasteiger partial charge is 0.141 e. The number of imidazole rings is 1. The van der Waals surface area contributed by atoms with Gasteiger partial charge in [0, 0.05) is 35.0 Å². The highest BCUT2D eigenvalue weighted by molar-refractivity contribution is 7.99. The van der Waals surface area contributed by atoms with Gasteiger partial charge in [0.2, 0.25) is 0 Å². The first kappa shape index (κ1) is 22.2. The van der Waals surface area contributed by atoms with E-state index in [1.54, 1.807) is 25.2 Å². The molecule has 8 heteroatoms. The lowest BCUT2D eigenvalue weighted by atomic mass is 10.2. The van der Waals surface area contributed by atoms with Gasteiger partial charge in [0.25, 0.3) is 0 Å². The number of hydrogen-bond acceptors (Lipinski definition) is 7. The molecule has 0 saturated heterocycles. The van der Waals surface area contributed by atoms with E-state index in [-0.39, 0.29) is 0 Å². The van der Waals surface area contributed by atoms with E-state index in [1.807, 2.05) is 36.1 Å². The van der Waals surface area contributed by atoms with Gasteiger partial charge in [-0.1, -0.05) is 11.8 Å². The fraction of sp³-hybridized carbons (Fsp3) is 0.192. The monoisotopic (exact) mass is 471 g/mol. The number of nitrogens with one attached hydrogen (secondary N) is 1. The van der Waals surface area contributed by atoms with Crippen molar-refractivity contribution in [3.63, 3.8) is 0 Å². The maximum atomic E-state index is 5.76. The summed E-state index contributed by atoms with van der Waals surface area (Å²) in [5.74, 6) is 1.50. The zero-order chi connectivity index (χ0) is 23.5. The van der Waals surface area contributed by atoms with E-state index in [4.69, 9.17) is 9.47 Å². The van der Waals surface area contributed by atoms with Crippen LogP contribution < -0.4 is 10.1 Å². The van der Waals surface area contributed by atoms with Crippen LogP contribution in [0.4, 0.5) is 11.5 Å². The fourth-order valence-electron chi connectivity index (χ4n) is 3.75. The number of aromatic nitrogens is 4. The summed E-state index contributed by atoms with van der Waals surface area (Å²) < 4.78 is 12.9. The molecule has 3 aromatic carbocycles. The minimum absolute atomic E-state index is 0.490. The maximum Gasteiger partial charge on any atom is 0.141 e. The van der Waals surface area contributed by atoms with E-state index in [1.165, 1.54) is 10.5 Å². The summed E-state index contributed by atoms with van der Waals surface area (Å²) in [6.45, 7) is 3.14. The Bertz CT molecular complexity index is 1470. The largest absolute Gasteiger partial charge is 0.491 e. The van der Waals surface area contributed by atoms with E-state index in [0.29, 0.717) is 13.2 Å². The standard InChI is InChI=1S/C26H25N5O2S/c1-17-12-18(4-9-25(17)34-20-6-8-24-23(14-20)29-16-31(24)2)30-26-21-13-19(33-11-10-32-3)5-7-22(21)27-15-28-26/h4-9,12-16H,10-11H2,1-3H3,(H,27,28,30). The molecule has 2 aromatic heterocycles. The van der Waals surface area contributed by atoms with Crippen LogP contribution in [0.1, 0.15) is 5.56 Å². The third kappa shape index (κ3) is 4.69. The van der Waals surface area contributed by atoms with Crippen LogP contribution in [-0.2, 0) is 11.8 Å². The van der Waals surface area contributed by atoms with Crippen molar-refractivity contribution in [2.75, 3.05) is 25.6 Å². The SMILES string of the molecule is COCCOc1ccc2ncnc(Nc3ccc(Sc4ccc5c(c4)ncn5C)c(C)c3)c2c1. The summed E-state index contributed by atoms with van der Waals surface area (Å²) in [4.78, 5) is 15.7. The second-order valence-electron chi connectivity index (χ2n) is 7.96. The van der Waals surface area contributed by atoms with E-state index in [9.17, 15) is 0 Å². The lowest BCUT2D eigenvalue weighted by Crippen LogP contribution is -2.04. The molecule has 0 spiro atoms. The van der Waals surface area contributed by atoms with Crippen LogP contribution in [0.2, 0.25) is 0 Å². The van der Waals surface area contributed by atoms with Gasteiger partial charge in [0.15, 0.2) is 0 Å². The number of hydrogen-bond donors (Lipinski definition) is 1. The first-order valence-electron chi connectivity index (χ1n) is 10.9. The number of rotatable bonds is 8. The van der Waals surface area contributed by atoms with Crippen molar-refractivity contribution < 1.29 is 9.47 Å². The Kier molecular flexibility index (Phi) is 6.33. The quantitative estimate of drug-likeness (QED) is 0.289. The topological polar surface area (TPSA) is 74.1 Å². The van der Waals surface area contributed by atoms with Gasteiger partial charge in [-0.2, -0.15) is 0 Å². The molecule has 2 heterocycles. The molecule has 34 heavy (non-hydrogen) atoms. The average molecular weight is 472 g/mol. The van der Waals surface area contributed by atoms with Gasteiger partial charge < -0.3 is 19.4 Å². The maximum absolute atomic E-state index is 5.76. The molecule has 0 saturated carbocycles. The van der Waals surface area contributed by atoms with E-state index < -0.39 is 0 Å². The summed E-state index contributed by atoms with van der Waals surface area (Å²) in [6, 6.07) is 18.5. The van der Waals surface area contributed by atoms with Gasteiger partial charge >= 0.3 is 0 Å². The molecule has 0 aliphatic rings. The lowest BCUT2D eigenvalue weighted by Gasteiger charge is -2.12. The van der Waals surface area contributed by atoms with Crippen molar-refractivity contribution in [2.45, 2.75) is 16.7 Å². The number of methoxy groups -OCH3 is 1. The molecular formula is C26H25N5O2S. The van der Waals surface area contributed by atoms with Gasteiger partial charge in [-0.3, -0.25) is 0 Å². The van der Waals surface area contributed by atoms with Crippen LogP contribution in [0, 0.1) is 6.92 Å². The molecule has 0 aliphatic heterocycles. The fourth-order valence-corrected chi connectivity index (χ4v) is 4.67. The van der Waals surface area contributed by atoms with Gasteiger partial charge in [-0.15, -0.1) is 0 Å². The van der Waals surface area contributed by atoms with Crippen LogP contribution in [-0.4, -0.2) is 39.8 Å². The van der Waals surface area contributed by atoms with Gasteiger partial charge in [0.05, 0.1) is 29.5 Å². The number of anilines is 2. The van der Waals surface area contributed by atoms with E-state index in [0.717, 1.165) is 44.1 Å². The third-order valence-corrected chi connectivity index (χ3v) is 6.69. The average Bonchev–Trinajstić information content (AvgIpc) is 3.21. The third-order valence-electron chi connectivity index (χ3n) is 5.53. The molecule has 0 amide bonds. The van der Waals surface area contributed by atoms with Crippen molar-refractivity contribution in [3.8, 4) is 5.75 Å². The Morgan fingerprint density at radius 3 is 2.71 bits per heavy atom. The minimum atomic E-state index is 0.490. The summed E-state index contributed by atoms with van der Waals surface area (Å²) in [5.41, 5.74) is 5.13.